The van der Waals surface area contributed by atoms with Gasteiger partial charge in [-0.05, 0) is 23.7 Å². The first-order valence-electron chi connectivity index (χ1n) is 6.18. The van der Waals surface area contributed by atoms with E-state index in [9.17, 15) is 4.79 Å². The molecule has 1 fully saturated rings. The summed E-state index contributed by atoms with van der Waals surface area (Å²) >= 11 is 0. The summed E-state index contributed by atoms with van der Waals surface area (Å²) in [6.45, 7) is 13.2. The maximum Gasteiger partial charge on any atom is 0.140 e. The van der Waals surface area contributed by atoms with Gasteiger partial charge >= 0.3 is 0 Å². The predicted molar refractivity (Wildman–Crippen MR) is 64.7 cm³/mol. The third-order valence-corrected chi connectivity index (χ3v) is 3.76. The molecule has 1 aliphatic rings. The molecule has 2 unspecified atom stereocenters. The molecule has 0 bridgehead atoms. The van der Waals surface area contributed by atoms with Crippen LogP contribution >= 0.6 is 0 Å². The zero-order chi connectivity index (χ0) is 11.9. The van der Waals surface area contributed by atoms with Crippen molar-refractivity contribution in [2.45, 2.75) is 60.8 Å². The smallest absolute Gasteiger partial charge is 0.140 e. The summed E-state index contributed by atoms with van der Waals surface area (Å²) < 4.78 is 0. The summed E-state index contributed by atoms with van der Waals surface area (Å²) in [4.78, 5) is 12.4. The highest BCUT2D eigenvalue weighted by Gasteiger charge is 2.42. The highest BCUT2D eigenvalue weighted by molar-refractivity contribution is 5.85. The van der Waals surface area contributed by atoms with Crippen molar-refractivity contribution >= 4 is 5.78 Å². The van der Waals surface area contributed by atoms with Gasteiger partial charge in [0.25, 0.3) is 0 Å². The number of Topliss-reactive ketones (excluding diaryl/α,β-unsaturated/α-hetero) is 1. The maximum atomic E-state index is 12.4. The SMILES string of the molecule is CC(C)(C)C1CCCC(C(C)(C)C)C1=O. The molecule has 88 valence electrons. The van der Waals surface area contributed by atoms with Crippen molar-refractivity contribution in [3.63, 3.8) is 0 Å². The second-order valence-electron chi connectivity index (χ2n) is 7.17. The van der Waals surface area contributed by atoms with Crippen LogP contribution in [0.25, 0.3) is 0 Å². The van der Waals surface area contributed by atoms with Crippen molar-refractivity contribution in [3.8, 4) is 0 Å². The Morgan fingerprint density at radius 3 is 1.47 bits per heavy atom. The number of carbonyl (C=O) groups excluding carboxylic acids is 1. The topological polar surface area (TPSA) is 17.1 Å². The second-order valence-corrected chi connectivity index (χ2v) is 7.17. The maximum absolute atomic E-state index is 12.4. The van der Waals surface area contributed by atoms with Gasteiger partial charge in [0.2, 0.25) is 0 Å². The van der Waals surface area contributed by atoms with Gasteiger partial charge in [0.1, 0.15) is 5.78 Å². The zero-order valence-corrected chi connectivity index (χ0v) is 11.2. The van der Waals surface area contributed by atoms with Crippen molar-refractivity contribution in [1.29, 1.82) is 0 Å². The van der Waals surface area contributed by atoms with E-state index in [1.165, 1.54) is 6.42 Å². The normalized spacial score (nSPS) is 29.3. The fourth-order valence-corrected chi connectivity index (χ4v) is 2.77. The standard InChI is InChI=1S/C14H26O/c1-13(2,3)10-8-7-9-11(12(10)15)14(4,5)6/h10-11H,7-9H2,1-6H3. The van der Waals surface area contributed by atoms with Gasteiger partial charge in [0.05, 0.1) is 0 Å². The fourth-order valence-electron chi connectivity index (χ4n) is 2.77. The molecule has 0 aromatic rings. The van der Waals surface area contributed by atoms with Crippen LogP contribution in [0.3, 0.4) is 0 Å². The third kappa shape index (κ3) is 2.83. The van der Waals surface area contributed by atoms with Crippen LogP contribution in [0, 0.1) is 22.7 Å². The van der Waals surface area contributed by atoms with Gasteiger partial charge in [-0.1, -0.05) is 48.0 Å². The van der Waals surface area contributed by atoms with E-state index in [0.29, 0.717) is 5.78 Å². The van der Waals surface area contributed by atoms with Crippen LogP contribution in [0.4, 0.5) is 0 Å². The summed E-state index contributed by atoms with van der Waals surface area (Å²) in [7, 11) is 0. The van der Waals surface area contributed by atoms with Crippen LogP contribution in [0.2, 0.25) is 0 Å². The Balaban J connectivity index is 2.86. The van der Waals surface area contributed by atoms with Gasteiger partial charge in [-0.25, -0.2) is 0 Å². The van der Waals surface area contributed by atoms with Crippen molar-refractivity contribution in [2.24, 2.45) is 22.7 Å². The molecule has 1 rings (SSSR count). The highest BCUT2D eigenvalue weighted by atomic mass is 16.1. The van der Waals surface area contributed by atoms with Crippen molar-refractivity contribution in [3.05, 3.63) is 0 Å². The van der Waals surface area contributed by atoms with Crippen LogP contribution < -0.4 is 0 Å². The molecule has 0 saturated heterocycles. The zero-order valence-electron chi connectivity index (χ0n) is 11.2. The van der Waals surface area contributed by atoms with Crippen LogP contribution in [-0.4, -0.2) is 5.78 Å². The monoisotopic (exact) mass is 210 g/mol. The summed E-state index contributed by atoms with van der Waals surface area (Å²) in [6, 6.07) is 0. The fraction of sp³-hybridized carbons (Fsp3) is 0.929. The average molecular weight is 210 g/mol. The van der Waals surface area contributed by atoms with Crippen molar-refractivity contribution in [2.75, 3.05) is 0 Å². The van der Waals surface area contributed by atoms with Gasteiger partial charge in [0.15, 0.2) is 0 Å². The minimum atomic E-state index is 0.140. The Morgan fingerprint density at radius 1 is 0.867 bits per heavy atom. The molecule has 2 atom stereocenters. The molecular formula is C14H26O. The lowest BCUT2D eigenvalue weighted by atomic mass is 9.62. The van der Waals surface area contributed by atoms with Crippen LogP contribution in [0.15, 0.2) is 0 Å². The van der Waals surface area contributed by atoms with Gasteiger partial charge < -0.3 is 0 Å². The van der Waals surface area contributed by atoms with E-state index in [-0.39, 0.29) is 22.7 Å². The molecule has 1 nitrogen and oxygen atoms in total. The van der Waals surface area contributed by atoms with Crippen molar-refractivity contribution in [1.82, 2.24) is 0 Å². The minimum Gasteiger partial charge on any atom is -0.299 e. The van der Waals surface area contributed by atoms with E-state index < -0.39 is 0 Å². The predicted octanol–water partition coefficient (Wildman–Crippen LogP) is 4.06. The van der Waals surface area contributed by atoms with Crippen LogP contribution in [0.1, 0.15) is 60.8 Å². The average Bonchev–Trinajstić information content (AvgIpc) is 1.99. The number of hydrogen-bond donors (Lipinski definition) is 0. The van der Waals surface area contributed by atoms with E-state index >= 15 is 0 Å². The number of hydrogen-bond acceptors (Lipinski definition) is 1. The molecule has 1 saturated carbocycles. The molecule has 0 amide bonds. The summed E-state index contributed by atoms with van der Waals surface area (Å²) in [6.07, 6.45) is 3.40. The molecule has 0 aromatic carbocycles. The molecule has 0 radical (unpaired) electrons. The summed E-state index contributed by atoms with van der Waals surface area (Å²) in [5.74, 6) is 1.06. The molecule has 0 heterocycles. The molecule has 15 heavy (non-hydrogen) atoms. The first kappa shape index (κ1) is 12.7. The first-order valence-corrected chi connectivity index (χ1v) is 6.18. The molecule has 1 aliphatic carbocycles. The van der Waals surface area contributed by atoms with Gasteiger partial charge in [-0.3, -0.25) is 4.79 Å². The van der Waals surface area contributed by atoms with Gasteiger partial charge in [-0.15, -0.1) is 0 Å². The Bertz CT molecular complexity index is 215. The van der Waals surface area contributed by atoms with Crippen molar-refractivity contribution < 1.29 is 4.79 Å². The van der Waals surface area contributed by atoms with E-state index in [4.69, 9.17) is 0 Å². The lowest BCUT2D eigenvalue weighted by Gasteiger charge is -2.41. The van der Waals surface area contributed by atoms with E-state index in [0.717, 1.165) is 12.8 Å². The summed E-state index contributed by atoms with van der Waals surface area (Å²) in [5.41, 5.74) is 0.280. The quantitative estimate of drug-likeness (QED) is 0.589. The molecule has 1 heteroatoms. The molecular weight excluding hydrogens is 184 g/mol. The van der Waals surface area contributed by atoms with E-state index in [1.807, 2.05) is 0 Å². The number of rotatable bonds is 0. The number of carbonyl (C=O) groups is 1. The highest BCUT2D eigenvalue weighted by Crippen LogP contribution is 2.43. The molecule has 0 spiro atoms. The van der Waals surface area contributed by atoms with Crippen LogP contribution in [0.5, 0.6) is 0 Å². The van der Waals surface area contributed by atoms with E-state index in [1.54, 1.807) is 0 Å². The minimum absolute atomic E-state index is 0.140. The van der Waals surface area contributed by atoms with Gasteiger partial charge in [-0.2, -0.15) is 0 Å². The van der Waals surface area contributed by atoms with Gasteiger partial charge in [0, 0.05) is 11.8 Å². The first-order chi connectivity index (χ1) is 6.64. The van der Waals surface area contributed by atoms with Crippen LogP contribution in [-0.2, 0) is 4.79 Å². The lowest BCUT2D eigenvalue weighted by molar-refractivity contribution is -0.136. The number of ketones is 1. The molecule has 0 N–H and O–H groups in total. The third-order valence-electron chi connectivity index (χ3n) is 3.76. The lowest BCUT2D eigenvalue weighted by Crippen LogP contribution is -2.41. The molecule has 0 aromatic heterocycles. The summed E-state index contributed by atoms with van der Waals surface area (Å²) in [5, 5.41) is 0. The Hall–Kier alpha value is -0.330. The molecule has 0 aliphatic heterocycles. The largest absolute Gasteiger partial charge is 0.299 e. The Morgan fingerprint density at radius 2 is 1.20 bits per heavy atom. The second kappa shape index (κ2) is 3.92. The Kier molecular flexibility index (Phi) is 3.33. The Labute approximate surface area is 94.6 Å². The van der Waals surface area contributed by atoms with E-state index in [2.05, 4.69) is 41.5 Å².